The number of nitrogens with zero attached hydrogens (tertiary/aromatic N) is 2. The average molecular weight is 315 g/mol. The molecule has 0 unspecified atom stereocenters. The summed E-state index contributed by atoms with van der Waals surface area (Å²) in [6.07, 6.45) is -1.51. The van der Waals surface area contributed by atoms with Crippen molar-refractivity contribution >= 4 is 11.6 Å². The number of pyridine rings is 1. The summed E-state index contributed by atoms with van der Waals surface area (Å²) in [7, 11) is 0. The molecule has 1 N–H and O–H groups in total. The first-order valence-electron chi connectivity index (χ1n) is 6.29. The van der Waals surface area contributed by atoms with Crippen molar-refractivity contribution in [1.82, 2.24) is 10.1 Å². The Hall–Kier alpha value is -2.58. The molecule has 1 amide bonds. The first-order valence-corrected chi connectivity index (χ1v) is 6.29. The zero-order valence-corrected chi connectivity index (χ0v) is 11.5. The summed E-state index contributed by atoms with van der Waals surface area (Å²) in [6, 6.07) is 2.63. The molecule has 2 heterocycles. The Morgan fingerprint density at radius 2 is 2.23 bits per heavy atom. The van der Waals surface area contributed by atoms with Crippen LogP contribution in [-0.4, -0.2) is 28.8 Å². The number of ether oxygens (including phenoxy) is 1. The maximum Gasteiger partial charge on any atom is 0.422 e. The standard InChI is InChI=1S/C13H12F3N3O3/c1-2-10-9(6-22-19-10)12(20)18-8-3-4-17-11(5-8)21-7-13(14,15)16/h3-6H,2,7H2,1H3,(H,17,18,20). The highest BCUT2D eigenvalue weighted by atomic mass is 19.4. The fraction of sp³-hybridized carbons (Fsp3) is 0.308. The summed E-state index contributed by atoms with van der Waals surface area (Å²) in [5, 5.41) is 6.19. The van der Waals surface area contributed by atoms with Crippen molar-refractivity contribution in [3.63, 3.8) is 0 Å². The Balaban J connectivity index is 2.05. The van der Waals surface area contributed by atoms with Crippen LogP contribution in [0.5, 0.6) is 5.88 Å². The molecule has 2 rings (SSSR count). The number of carbonyl (C=O) groups is 1. The molecule has 0 aliphatic heterocycles. The molecule has 0 bridgehead atoms. The first kappa shape index (κ1) is 15.8. The number of nitrogens with one attached hydrogen (secondary N) is 1. The van der Waals surface area contributed by atoms with Crippen molar-refractivity contribution in [1.29, 1.82) is 0 Å². The molecule has 0 fully saturated rings. The van der Waals surface area contributed by atoms with Crippen LogP contribution in [0.3, 0.4) is 0 Å². The maximum absolute atomic E-state index is 12.1. The minimum atomic E-state index is -4.46. The van der Waals surface area contributed by atoms with E-state index in [0.717, 1.165) is 0 Å². The molecule has 0 aliphatic carbocycles. The van der Waals surface area contributed by atoms with E-state index in [4.69, 9.17) is 4.52 Å². The van der Waals surface area contributed by atoms with Crippen LogP contribution < -0.4 is 10.1 Å². The topological polar surface area (TPSA) is 77.3 Å². The lowest BCUT2D eigenvalue weighted by Gasteiger charge is -2.09. The fourth-order valence-corrected chi connectivity index (χ4v) is 1.62. The molecule has 0 aromatic carbocycles. The van der Waals surface area contributed by atoms with Gasteiger partial charge in [-0.2, -0.15) is 13.2 Å². The molecule has 2 aromatic rings. The smallest absolute Gasteiger partial charge is 0.422 e. The van der Waals surface area contributed by atoms with Gasteiger partial charge < -0.3 is 14.6 Å². The van der Waals surface area contributed by atoms with Crippen LogP contribution >= 0.6 is 0 Å². The van der Waals surface area contributed by atoms with Gasteiger partial charge in [0, 0.05) is 18.0 Å². The molecule has 6 nitrogen and oxygen atoms in total. The van der Waals surface area contributed by atoms with E-state index >= 15 is 0 Å². The number of aromatic nitrogens is 2. The Morgan fingerprint density at radius 1 is 1.45 bits per heavy atom. The van der Waals surface area contributed by atoms with Gasteiger partial charge in [-0.1, -0.05) is 12.1 Å². The predicted octanol–water partition coefficient (Wildman–Crippen LogP) is 2.83. The summed E-state index contributed by atoms with van der Waals surface area (Å²) < 4.78 is 45.5. The molecule has 2 aromatic heterocycles. The molecule has 0 spiro atoms. The van der Waals surface area contributed by atoms with Crippen LogP contribution in [0.4, 0.5) is 18.9 Å². The summed E-state index contributed by atoms with van der Waals surface area (Å²) >= 11 is 0. The van der Waals surface area contributed by atoms with Crippen LogP contribution in [0.15, 0.2) is 29.1 Å². The van der Waals surface area contributed by atoms with Crippen molar-refractivity contribution in [2.24, 2.45) is 0 Å². The number of amides is 1. The average Bonchev–Trinajstić information content (AvgIpc) is 2.93. The third-order valence-corrected chi connectivity index (χ3v) is 2.60. The van der Waals surface area contributed by atoms with Gasteiger partial charge in [-0.25, -0.2) is 4.98 Å². The number of alkyl halides is 3. The van der Waals surface area contributed by atoms with Crippen molar-refractivity contribution in [3.05, 3.63) is 35.9 Å². The lowest BCUT2D eigenvalue weighted by atomic mass is 10.2. The highest BCUT2D eigenvalue weighted by molar-refractivity contribution is 6.04. The van der Waals surface area contributed by atoms with E-state index in [9.17, 15) is 18.0 Å². The largest absolute Gasteiger partial charge is 0.468 e. The third-order valence-electron chi connectivity index (χ3n) is 2.60. The van der Waals surface area contributed by atoms with Gasteiger partial charge in [0.2, 0.25) is 5.88 Å². The van der Waals surface area contributed by atoms with E-state index in [1.165, 1.54) is 24.6 Å². The van der Waals surface area contributed by atoms with Crippen LogP contribution in [-0.2, 0) is 6.42 Å². The Kier molecular flexibility index (Phi) is 4.64. The highest BCUT2D eigenvalue weighted by Crippen LogP contribution is 2.20. The number of halogens is 3. The normalized spacial score (nSPS) is 11.3. The van der Waals surface area contributed by atoms with Crippen molar-refractivity contribution in [2.45, 2.75) is 19.5 Å². The van der Waals surface area contributed by atoms with Crippen LogP contribution in [0.25, 0.3) is 0 Å². The van der Waals surface area contributed by atoms with Gasteiger partial charge in [-0.05, 0) is 12.5 Å². The van der Waals surface area contributed by atoms with Gasteiger partial charge >= 0.3 is 6.18 Å². The van der Waals surface area contributed by atoms with Gasteiger partial charge in [0.05, 0.1) is 5.69 Å². The predicted molar refractivity (Wildman–Crippen MR) is 69.6 cm³/mol. The Labute approximate surface area is 123 Å². The van der Waals surface area contributed by atoms with Crippen molar-refractivity contribution < 1.29 is 27.2 Å². The number of aryl methyl sites for hydroxylation is 1. The summed E-state index contributed by atoms with van der Waals surface area (Å²) in [5.41, 5.74) is 0.998. The molecule has 9 heteroatoms. The van der Waals surface area contributed by atoms with Gasteiger partial charge in [-0.3, -0.25) is 4.79 Å². The molecule has 0 radical (unpaired) electrons. The summed E-state index contributed by atoms with van der Waals surface area (Å²) in [5.74, 6) is -0.720. The lowest BCUT2D eigenvalue weighted by molar-refractivity contribution is -0.154. The number of hydrogen-bond donors (Lipinski definition) is 1. The zero-order valence-electron chi connectivity index (χ0n) is 11.5. The van der Waals surface area contributed by atoms with Crippen molar-refractivity contribution in [2.75, 3.05) is 11.9 Å². The molecule has 22 heavy (non-hydrogen) atoms. The second-order valence-electron chi connectivity index (χ2n) is 4.27. The second-order valence-corrected chi connectivity index (χ2v) is 4.27. The monoisotopic (exact) mass is 315 g/mol. The zero-order chi connectivity index (χ0) is 16.2. The molecule has 0 atom stereocenters. The minimum Gasteiger partial charge on any atom is -0.468 e. The lowest BCUT2D eigenvalue weighted by Crippen LogP contribution is -2.19. The number of hydrogen-bond acceptors (Lipinski definition) is 5. The van der Waals surface area contributed by atoms with Gasteiger partial charge in [0.25, 0.3) is 5.91 Å². The van der Waals surface area contributed by atoms with Crippen LogP contribution in [0.2, 0.25) is 0 Å². The fourth-order valence-electron chi connectivity index (χ4n) is 1.62. The van der Waals surface area contributed by atoms with Crippen molar-refractivity contribution in [3.8, 4) is 5.88 Å². The Bertz CT molecular complexity index is 655. The number of anilines is 1. The van der Waals surface area contributed by atoms with Gasteiger partial charge in [-0.15, -0.1) is 0 Å². The molecule has 0 saturated carbocycles. The van der Waals surface area contributed by atoms with Gasteiger partial charge in [0.1, 0.15) is 11.8 Å². The second kappa shape index (κ2) is 6.46. The Morgan fingerprint density at radius 3 is 2.91 bits per heavy atom. The van der Waals surface area contributed by atoms with Crippen LogP contribution in [0, 0.1) is 0 Å². The van der Waals surface area contributed by atoms with E-state index < -0.39 is 18.7 Å². The molecule has 0 aliphatic rings. The molecular formula is C13H12F3N3O3. The van der Waals surface area contributed by atoms with E-state index in [0.29, 0.717) is 12.1 Å². The maximum atomic E-state index is 12.1. The molecule has 0 saturated heterocycles. The highest BCUT2D eigenvalue weighted by Gasteiger charge is 2.28. The number of rotatable bonds is 5. The van der Waals surface area contributed by atoms with Crippen LogP contribution in [0.1, 0.15) is 23.0 Å². The van der Waals surface area contributed by atoms with Gasteiger partial charge in [0.15, 0.2) is 6.61 Å². The third kappa shape index (κ3) is 4.21. The molecular weight excluding hydrogens is 303 g/mol. The first-order chi connectivity index (χ1) is 10.4. The molecule has 118 valence electrons. The van der Waals surface area contributed by atoms with E-state index in [-0.39, 0.29) is 17.1 Å². The van der Waals surface area contributed by atoms with E-state index in [1.54, 1.807) is 0 Å². The number of carbonyl (C=O) groups excluding carboxylic acids is 1. The quantitative estimate of drug-likeness (QED) is 0.918. The summed E-state index contributed by atoms with van der Waals surface area (Å²) in [6.45, 7) is 0.354. The summed E-state index contributed by atoms with van der Waals surface area (Å²) in [4.78, 5) is 15.7. The minimum absolute atomic E-state index is 0.240. The van der Waals surface area contributed by atoms with E-state index in [2.05, 4.69) is 20.2 Å². The SMILES string of the molecule is CCc1nocc1C(=O)Nc1ccnc(OCC(F)(F)F)c1. The van der Waals surface area contributed by atoms with E-state index in [1.807, 2.05) is 6.92 Å².